The van der Waals surface area contributed by atoms with Gasteiger partial charge in [0.1, 0.15) is 0 Å². The van der Waals surface area contributed by atoms with Gasteiger partial charge in [0.2, 0.25) is 0 Å². The van der Waals surface area contributed by atoms with Crippen molar-refractivity contribution < 1.29 is 34.3 Å². The van der Waals surface area contributed by atoms with Crippen LogP contribution in [0.2, 0.25) is 0 Å². The molecular formula is C6H8O3SiV. The first kappa shape index (κ1) is 17.1. The molecule has 1 aromatic rings. The van der Waals surface area contributed by atoms with Crippen molar-refractivity contribution >= 4 is 14.9 Å². The molecule has 1 aromatic carbocycles. The average Bonchev–Trinajstić information content (AvgIpc) is 1.90. The molecule has 0 aliphatic heterocycles. The van der Waals surface area contributed by atoms with Gasteiger partial charge >= 0.3 is 18.6 Å². The molecule has 0 aromatic heterocycles. The molecule has 0 bridgehead atoms. The van der Waals surface area contributed by atoms with Gasteiger partial charge in [-0.2, -0.15) is 0 Å². The molecule has 1 radical (unpaired) electrons. The van der Waals surface area contributed by atoms with Crippen molar-refractivity contribution in [2.75, 3.05) is 0 Å². The molecule has 3 nitrogen and oxygen atoms in total. The van der Waals surface area contributed by atoms with E-state index in [-0.39, 0.29) is 29.5 Å². The Morgan fingerprint density at radius 1 is 1.00 bits per heavy atom. The molecule has 11 heavy (non-hydrogen) atoms. The summed E-state index contributed by atoms with van der Waals surface area (Å²) >= 11 is 0. The topological polar surface area (TPSA) is 77.2 Å². The van der Waals surface area contributed by atoms with E-state index in [0.717, 1.165) is 5.19 Å². The van der Waals surface area contributed by atoms with Crippen LogP contribution in [-0.4, -0.2) is 14.6 Å². The number of hydrogen-bond acceptors (Lipinski definition) is 1. The van der Waals surface area contributed by atoms with Gasteiger partial charge in [0, 0.05) is 0 Å². The fourth-order valence-electron chi connectivity index (χ4n) is 0.583. The molecule has 1 rings (SSSR count). The van der Waals surface area contributed by atoms with Gasteiger partial charge in [0.25, 0.3) is 0 Å². The van der Waals surface area contributed by atoms with Crippen LogP contribution in [0.25, 0.3) is 0 Å². The fraction of sp³-hybridized carbons (Fsp3) is 0. The summed E-state index contributed by atoms with van der Waals surface area (Å²) in [4.78, 5) is 8.68. The smallest absolute Gasteiger partial charge is 2.00 e. The summed E-state index contributed by atoms with van der Waals surface area (Å²) in [5.41, 5.74) is 0. The average molecular weight is 207 g/mol. The maximum absolute atomic E-state index is 8.68. The van der Waals surface area contributed by atoms with Crippen molar-refractivity contribution in [1.29, 1.82) is 0 Å². The number of hydrogen-bond donors (Lipinski definition) is 1. The van der Waals surface area contributed by atoms with E-state index in [1.165, 1.54) is 0 Å². The van der Waals surface area contributed by atoms with Crippen LogP contribution < -0.4 is 5.19 Å². The second-order valence-corrected chi connectivity index (χ2v) is 2.78. The third-order valence-corrected chi connectivity index (χ3v) is 1.86. The maximum Gasteiger partial charge on any atom is 4.00 e. The summed E-state index contributed by atoms with van der Waals surface area (Å²) in [6.07, 6.45) is 0. The third-order valence-electron chi connectivity index (χ3n) is 1.03. The van der Waals surface area contributed by atoms with Gasteiger partial charge in [0.05, 0.1) is 0 Å². The molecule has 0 heterocycles. The van der Waals surface area contributed by atoms with E-state index in [9.17, 15) is 0 Å². The van der Waals surface area contributed by atoms with Crippen LogP contribution >= 0.6 is 0 Å². The molecule has 0 amide bonds. The quantitative estimate of drug-likeness (QED) is 0.598. The second-order valence-electron chi connectivity index (χ2n) is 1.64. The normalized spacial score (nSPS) is 7.73. The Kier molecular flexibility index (Phi) is 15.4. The van der Waals surface area contributed by atoms with E-state index in [0.29, 0.717) is 0 Å². The van der Waals surface area contributed by atoms with Crippen LogP contribution in [0, 0.1) is 0 Å². The van der Waals surface area contributed by atoms with Crippen LogP contribution in [0.4, 0.5) is 0 Å². The third kappa shape index (κ3) is 6.31. The molecule has 0 unspecified atom stereocenters. The Labute approximate surface area is 79.9 Å². The SMILES string of the molecule is O[SiH2]c1ccccc1.[O-2].[O-2].[V+4]. The summed E-state index contributed by atoms with van der Waals surface area (Å²) in [7, 11) is -0.909. The molecule has 0 aliphatic carbocycles. The molecule has 1 N–H and O–H groups in total. The van der Waals surface area contributed by atoms with Crippen molar-refractivity contribution in [2.24, 2.45) is 0 Å². The molecule has 0 atom stereocenters. The minimum atomic E-state index is -0.909. The Morgan fingerprint density at radius 3 is 1.73 bits per heavy atom. The van der Waals surface area contributed by atoms with Gasteiger partial charge in [-0.05, 0) is 5.19 Å². The summed E-state index contributed by atoms with van der Waals surface area (Å²) in [6, 6.07) is 9.74. The van der Waals surface area contributed by atoms with Gasteiger partial charge in [0.15, 0.2) is 9.76 Å². The minimum absolute atomic E-state index is 0. The first-order valence-corrected chi connectivity index (χ1v) is 3.92. The fourth-order valence-corrected chi connectivity index (χ4v) is 1.07. The zero-order valence-electron chi connectivity index (χ0n) is 5.80. The maximum atomic E-state index is 8.68. The molecule has 0 saturated heterocycles. The van der Waals surface area contributed by atoms with E-state index in [2.05, 4.69) is 0 Å². The molecule has 0 fully saturated rings. The van der Waals surface area contributed by atoms with E-state index in [1.54, 1.807) is 0 Å². The van der Waals surface area contributed by atoms with Crippen molar-refractivity contribution in [3.05, 3.63) is 30.3 Å². The van der Waals surface area contributed by atoms with Crippen LogP contribution in [0.15, 0.2) is 30.3 Å². The van der Waals surface area contributed by atoms with Gasteiger partial charge in [-0.25, -0.2) is 0 Å². The molecule has 0 aliphatic rings. The van der Waals surface area contributed by atoms with Gasteiger partial charge in [-0.15, -0.1) is 0 Å². The van der Waals surface area contributed by atoms with Crippen molar-refractivity contribution in [2.45, 2.75) is 0 Å². The first-order chi connectivity index (χ1) is 3.93. The van der Waals surface area contributed by atoms with Crippen molar-refractivity contribution in [3.63, 3.8) is 0 Å². The van der Waals surface area contributed by atoms with Crippen molar-refractivity contribution in [3.8, 4) is 0 Å². The summed E-state index contributed by atoms with van der Waals surface area (Å²) in [5, 5.41) is 1.10. The Balaban J connectivity index is -0.000000213. The largest absolute Gasteiger partial charge is 4.00 e. The first-order valence-electron chi connectivity index (χ1n) is 2.58. The molecule has 0 saturated carbocycles. The zero-order chi connectivity index (χ0) is 5.82. The predicted molar refractivity (Wildman–Crippen MR) is 38.2 cm³/mol. The monoisotopic (exact) mass is 207 g/mol. The van der Waals surface area contributed by atoms with Crippen LogP contribution in [-0.2, 0) is 29.5 Å². The van der Waals surface area contributed by atoms with E-state index < -0.39 is 9.76 Å². The van der Waals surface area contributed by atoms with Gasteiger partial charge < -0.3 is 15.7 Å². The Bertz CT molecular complexity index is 159. The molecular weight excluding hydrogens is 199 g/mol. The van der Waals surface area contributed by atoms with E-state index in [1.807, 2.05) is 30.3 Å². The second kappa shape index (κ2) is 9.90. The molecule has 5 heteroatoms. The predicted octanol–water partition coefficient (Wildman–Crippen LogP) is -0.852. The molecule has 0 spiro atoms. The van der Waals surface area contributed by atoms with E-state index >= 15 is 0 Å². The summed E-state index contributed by atoms with van der Waals surface area (Å²) in [5.74, 6) is 0. The van der Waals surface area contributed by atoms with Crippen LogP contribution in [0.1, 0.15) is 0 Å². The molecule has 59 valence electrons. The zero-order valence-corrected chi connectivity index (χ0v) is 8.62. The Morgan fingerprint density at radius 2 is 1.45 bits per heavy atom. The summed E-state index contributed by atoms with van der Waals surface area (Å²) in [6.45, 7) is 0. The van der Waals surface area contributed by atoms with Gasteiger partial charge in [-0.1, -0.05) is 30.3 Å². The van der Waals surface area contributed by atoms with Crippen molar-refractivity contribution in [1.82, 2.24) is 0 Å². The Hall–Kier alpha value is -0.0987. The minimum Gasteiger partial charge on any atom is -2.00 e. The number of rotatable bonds is 1. The number of benzene rings is 1. The summed E-state index contributed by atoms with van der Waals surface area (Å²) < 4.78 is 0. The van der Waals surface area contributed by atoms with Crippen LogP contribution in [0.5, 0.6) is 0 Å². The van der Waals surface area contributed by atoms with E-state index in [4.69, 9.17) is 4.80 Å². The van der Waals surface area contributed by atoms with Gasteiger partial charge in [-0.3, -0.25) is 0 Å². The standard InChI is InChI=1S/C6H8OSi.2O.V/c7-8-6-4-2-1-3-5-6;;;/h1-5,7H,8H2;;;/q;2*-2;+4. The van der Waals surface area contributed by atoms with Crippen LogP contribution in [0.3, 0.4) is 0 Å².